The van der Waals surface area contributed by atoms with Crippen LogP contribution in [0.25, 0.3) is 11.1 Å². The Morgan fingerprint density at radius 3 is 2.39 bits per heavy atom. The second-order valence-electron chi connectivity index (χ2n) is 9.06. The first-order chi connectivity index (χ1) is 18.3. The van der Waals surface area contributed by atoms with Crippen molar-refractivity contribution >= 4 is 9.84 Å². The lowest BCUT2D eigenvalue weighted by Gasteiger charge is -2.24. The Labute approximate surface area is 222 Å². The van der Waals surface area contributed by atoms with Gasteiger partial charge in [0.25, 0.3) is 5.56 Å². The smallest absolute Gasteiger partial charge is 0.277 e. The van der Waals surface area contributed by atoms with Gasteiger partial charge in [-0.05, 0) is 53.8 Å². The largest absolute Gasteiger partial charge is 0.492 e. The highest BCUT2D eigenvalue weighted by molar-refractivity contribution is 7.91. The molecule has 0 saturated carbocycles. The number of aryl methyl sites for hydroxylation is 2. The lowest BCUT2D eigenvalue weighted by atomic mass is 10.0. The minimum Gasteiger partial charge on any atom is -0.492 e. The molecule has 0 amide bonds. The van der Waals surface area contributed by atoms with Crippen molar-refractivity contribution in [3.63, 3.8) is 0 Å². The van der Waals surface area contributed by atoms with Crippen molar-refractivity contribution in [3.05, 3.63) is 100 Å². The summed E-state index contributed by atoms with van der Waals surface area (Å²) in [6, 6.07) is 16.7. The molecule has 2 aromatic heterocycles. The quantitative estimate of drug-likeness (QED) is 0.314. The molecule has 1 N–H and O–H groups in total. The van der Waals surface area contributed by atoms with E-state index in [1.807, 2.05) is 50.2 Å². The van der Waals surface area contributed by atoms with Gasteiger partial charge in [0, 0.05) is 25.9 Å². The summed E-state index contributed by atoms with van der Waals surface area (Å²) in [5.41, 5.74) is 2.61. The lowest BCUT2D eigenvalue weighted by molar-refractivity contribution is 0.165. The zero-order valence-electron chi connectivity index (χ0n) is 21.7. The van der Waals surface area contributed by atoms with Crippen LogP contribution >= 0.6 is 0 Å². The number of nitrogens with zero attached hydrogens (tertiary/aromatic N) is 3. The molecule has 0 aliphatic rings. The summed E-state index contributed by atoms with van der Waals surface area (Å²) in [5, 5.41) is 10.8. The maximum atomic E-state index is 13.9. The second kappa shape index (κ2) is 11.7. The predicted octanol–water partition coefficient (Wildman–Crippen LogP) is 4.73. The third kappa shape index (κ3) is 5.39. The van der Waals surface area contributed by atoms with E-state index in [0.29, 0.717) is 18.7 Å². The van der Waals surface area contributed by atoms with Gasteiger partial charge in [0.2, 0.25) is 15.7 Å². The van der Waals surface area contributed by atoms with Crippen molar-refractivity contribution in [1.29, 1.82) is 0 Å². The molecule has 9 heteroatoms. The number of pyridine rings is 1. The van der Waals surface area contributed by atoms with Gasteiger partial charge in [0.15, 0.2) is 4.90 Å². The van der Waals surface area contributed by atoms with Crippen LogP contribution in [0.15, 0.2) is 87.6 Å². The standard InChI is InChI=1S/C29H31N3O5S/c1-4-5-11-26-31-28(33)27(29(34)32(26)25(19-37-3)22-9-7-6-8-10-22)38(35,36)23-14-12-21(13-15-23)24-16-17-30-18-20(24)2/h6-10,12-18,25,33H,4-5,11,19H2,1-3H3/t25-/m0/s1. The molecule has 8 nitrogen and oxygen atoms in total. The van der Waals surface area contributed by atoms with E-state index in [2.05, 4.69) is 9.97 Å². The van der Waals surface area contributed by atoms with Gasteiger partial charge >= 0.3 is 0 Å². The average Bonchev–Trinajstić information content (AvgIpc) is 2.91. The highest BCUT2D eigenvalue weighted by Crippen LogP contribution is 2.30. The molecule has 0 saturated heterocycles. The van der Waals surface area contributed by atoms with Crippen LogP contribution in [0.1, 0.15) is 42.8 Å². The summed E-state index contributed by atoms with van der Waals surface area (Å²) in [7, 11) is -2.88. The van der Waals surface area contributed by atoms with Gasteiger partial charge in [-0.15, -0.1) is 0 Å². The number of aromatic hydroxyl groups is 1. The Morgan fingerprint density at radius 1 is 1.05 bits per heavy atom. The number of methoxy groups -OCH3 is 1. The maximum absolute atomic E-state index is 13.9. The Bertz CT molecular complexity index is 1570. The van der Waals surface area contributed by atoms with Gasteiger partial charge in [-0.2, -0.15) is 4.98 Å². The fourth-order valence-corrected chi connectivity index (χ4v) is 5.84. The Balaban J connectivity index is 1.87. The number of hydrogen-bond donors (Lipinski definition) is 1. The van der Waals surface area contributed by atoms with Gasteiger partial charge in [0.05, 0.1) is 17.5 Å². The molecule has 38 heavy (non-hydrogen) atoms. The number of ether oxygens (including phenoxy) is 1. The minimum atomic E-state index is -4.40. The van der Waals surface area contributed by atoms with E-state index in [9.17, 15) is 18.3 Å². The SMILES string of the molecule is CCCCc1nc(O)c(S(=O)(=O)c2ccc(-c3ccncc3C)cc2)c(=O)n1[C@@H](COC)c1ccccc1. The molecule has 4 aromatic rings. The summed E-state index contributed by atoms with van der Waals surface area (Å²) in [6.07, 6.45) is 5.34. The fraction of sp³-hybridized carbons (Fsp3) is 0.276. The summed E-state index contributed by atoms with van der Waals surface area (Å²) in [5.74, 6) is -0.488. The highest BCUT2D eigenvalue weighted by Gasteiger charge is 2.32. The number of benzene rings is 2. The van der Waals surface area contributed by atoms with Crippen LogP contribution in [-0.4, -0.2) is 41.8 Å². The van der Waals surface area contributed by atoms with E-state index in [0.717, 1.165) is 28.7 Å². The third-order valence-corrected chi connectivity index (χ3v) is 8.26. The van der Waals surface area contributed by atoms with Crippen LogP contribution in [0.3, 0.4) is 0 Å². The zero-order chi connectivity index (χ0) is 27.3. The van der Waals surface area contributed by atoms with Crippen molar-refractivity contribution in [2.24, 2.45) is 0 Å². The molecule has 0 aliphatic heterocycles. The Hall–Kier alpha value is -3.82. The number of unbranched alkanes of at least 4 members (excludes halogenated alkanes) is 1. The van der Waals surface area contributed by atoms with Crippen LogP contribution in [0.4, 0.5) is 0 Å². The first-order valence-electron chi connectivity index (χ1n) is 12.4. The number of hydrogen-bond acceptors (Lipinski definition) is 7. The summed E-state index contributed by atoms with van der Waals surface area (Å²) >= 11 is 0. The number of aromatic nitrogens is 3. The summed E-state index contributed by atoms with van der Waals surface area (Å²) < 4.78 is 34.2. The second-order valence-corrected chi connectivity index (χ2v) is 10.9. The molecule has 0 fully saturated rings. The van der Waals surface area contributed by atoms with Gasteiger partial charge in [-0.25, -0.2) is 8.42 Å². The van der Waals surface area contributed by atoms with E-state index in [1.54, 1.807) is 24.5 Å². The molecule has 0 spiro atoms. The molecule has 2 heterocycles. The van der Waals surface area contributed by atoms with Crippen LogP contribution in [0.2, 0.25) is 0 Å². The minimum absolute atomic E-state index is 0.113. The average molecular weight is 534 g/mol. The fourth-order valence-electron chi connectivity index (χ4n) is 4.50. The molecule has 0 bridgehead atoms. The van der Waals surface area contributed by atoms with Crippen LogP contribution in [0.5, 0.6) is 5.88 Å². The van der Waals surface area contributed by atoms with Gasteiger partial charge in [-0.1, -0.05) is 55.8 Å². The van der Waals surface area contributed by atoms with Crippen molar-refractivity contribution in [3.8, 4) is 17.0 Å². The molecule has 198 valence electrons. The van der Waals surface area contributed by atoms with Crippen molar-refractivity contribution in [1.82, 2.24) is 14.5 Å². The molecule has 0 unspecified atom stereocenters. The van der Waals surface area contributed by atoms with E-state index in [-0.39, 0.29) is 11.5 Å². The Kier molecular flexibility index (Phi) is 8.38. The third-order valence-electron chi connectivity index (χ3n) is 6.47. The number of sulfone groups is 1. The molecule has 4 rings (SSSR count). The summed E-state index contributed by atoms with van der Waals surface area (Å²) in [4.78, 5) is 21.4. The van der Waals surface area contributed by atoms with Crippen LogP contribution in [0, 0.1) is 6.92 Å². The number of rotatable bonds is 10. The molecule has 1 atom stereocenters. The van der Waals surface area contributed by atoms with Crippen LogP contribution < -0.4 is 5.56 Å². The molecule has 2 aromatic carbocycles. The molecular formula is C29H31N3O5S. The lowest BCUT2D eigenvalue weighted by Crippen LogP contribution is -2.35. The maximum Gasteiger partial charge on any atom is 0.277 e. The normalized spacial score (nSPS) is 12.4. The van der Waals surface area contributed by atoms with Gasteiger partial charge in [0.1, 0.15) is 5.82 Å². The van der Waals surface area contributed by atoms with E-state index >= 15 is 0 Å². The van der Waals surface area contributed by atoms with Crippen molar-refractivity contribution in [2.75, 3.05) is 13.7 Å². The Morgan fingerprint density at radius 2 is 1.76 bits per heavy atom. The van der Waals surface area contributed by atoms with Gasteiger partial charge < -0.3 is 9.84 Å². The molecular weight excluding hydrogens is 502 g/mol. The topological polar surface area (TPSA) is 111 Å². The van der Waals surface area contributed by atoms with Crippen molar-refractivity contribution < 1.29 is 18.3 Å². The zero-order valence-corrected chi connectivity index (χ0v) is 22.5. The monoisotopic (exact) mass is 533 g/mol. The molecule has 0 radical (unpaired) electrons. The predicted molar refractivity (Wildman–Crippen MR) is 145 cm³/mol. The van der Waals surface area contributed by atoms with Crippen molar-refractivity contribution in [2.45, 2.75) is 48.9 Å². The van der Waals surface area contributed by atoms with Gasteiger partial charge in [-0.3, -0.25) is 14.3 Å². The summed E-state index contributed by atoms with van der Waals surface area (Å²) in [6.45, 7) is 4.04. The highest BCUT2D eigenvalue weighted by atomic mass is 32.2. The van der Waals surface area contributed by atoms with E-state index in [4.69, 9.17) is 4.74 Å². The van der Waals surface area contributed by atoms with E-state index < -0.39 is 32.2 Å². The first kappa shape index (κ1) is 27.2. The molecule has 0 aliphatic carbocycles. The van der Waals surface area contributed by atoms with Crippen LogP contribution in [-0.2, 0) is 21.0 Å². The first-order valence-corrected chi connectivity index (χ1v) is 13.9. The van der Waals surface area contributed by atoms with E-state index in [1.165, 1.54) is 23.8 Å².